The van der Waals surface area contributed by atoms with Gasteiger partial charge < -0.3 is 14.6 Å². The molecule has 2 saturated heterocycles. The van der Waals surface area contributed by atoms with Crippen molar-refractivity contribution in [2.75, 3.05) is 26.2 Å². The normalized spacial score (nSPS) is 27.0. The second-order valence-corrected chi connectivity index (χ2v) is 7.02. The van der Waals surface area contributed by atoms with Crippen LogP contribution in [0.3, 0.4) is 0 Å². The number of fused-ring (bicyclic) bond motifs is 1. The Morgan fingerprint density at radius 3 is 2.74 bits per heavy atom. The zero-order valence-corrected chi connectivity index (χ0v) is 13.7. The average Bonchev–Trinajstić information content (AvgIpc) is 3.11. The fourth-order valence-electron chi connectivity index (χ4n) is 4.04. The van der Waals surface area contributed by atoms with E-state index in [1.165, 1.54) is 6.42 Å². The second kappa shape index (κ2) is 6.13. The van der Waals surface area contributed by atoms with Crippen molar-refractivity contribution in [1.82, 2.24) is 14.5 Å². The number of H-pyrrole nitrogens is 1. The second-order valence-electron chi connectivity index (χ2n) is 7.02. The summed E-state index contributed by atoms with van der Waals surface area (Å²) in [6.45, 7) is 6.33. The number of para-hydroxylation sites is 2. The van der Waals surface area contributed by atoms with Gasteiger partial charge in [0.15, 0.2) is 0 Å². The topological polar surface area (TPSA) is 50.3 Å². The minimum Gasteiger partial charge on any atom is -0.377 e. The fraction of sp³-hybridized carbons (Fsp3) is 0.611. The Morgan fingerprint density at radius 2 is 2.00 bits per heavy atom. The Hall–Kier alpha value is -1.59. The molecular formula is C18H25N3O2. The molecule has 0 radical (unpaired) electrons. The molecule has 0 bridgehead atoms. The van der Waals surface area contributed by atoms with Gasteiger partial charge in [-0.2, -0.15) is 0 Å². The van der Waals surface area contributed by atoms with Crippen molar-refractivity contribution < 1.29 is 4.74 Å². The van der Waals surface area contributed by atoms with Crippen LogP contribution in [0.5, 0.6) is 0 Å². The van der Waals surface area contributed by atoms with E-state index in [9.17, 15) is 4.79 Å². The number of imidazole rings is 1. The first-order valence-electron chi connectivity index (χ1n) is 8.75. The van der Waals surface area contributed by atoms with Gasteiger partial charge in [0, 0.05) is 32.3 Å². The Kier molecular flexibility index (Phi) is 3.99. The maximum Gasteiger partial charge on any atom is 0.326 e. The van der Waals surface area contributed by atoms with Crippen LogP contribution in [-0.4, -0.2) is 46.8 Å². The number of aromatic nitrogens is 2. The molecule has 2 aromatic rings. The molecule has 1 aromatic heterocycles. The SMILES string of the molecule is CC1CCOC1CN1CCC(n2c(=O)[nH]c3ccccc32)CC1. The third-order valence-electron chi connectivity index (χ3n) is 5.52. The van der Waals surface area contributed by atoms with Gasteiger partial charge >= 0.3 is 5.69 Å². The molecule has 2 aliphatic rings. The third-order valence-corrected chi connectivity index (χ3v) is 5.52. The highest BCUT2D eigenvalue weighted by atomic mass is 16.5. The summed E-state index contributed by atoms with van der Waals surface area (Å²) < 4.78 is 7.80. The molecule has 0 spiro atoms. The zero-order chi connectivity index (χ0) is 15.8. The van der Waals surface area contributed by atoms with E-state index in [-0.39, 0.29) is 5.69 Å². The molecule has 2 fully saturated rings. The quantitative estimate of drug-likeness (QED) is 0.946. The Labute approximate surface area is 136 Å². The lowest BCUT2D eigenvalue weighted by molar-refractivity contribution is 0.0465. The van der Waals surface area contributed by atoms with Crippen LogP contribution >= 0.6 is 0 Å². The van der Waals surface area contributed by atoms with E-state index in [1.807, 2.05) is 28.8 Å². The van der Waals surface area contributed by atoms with Crippen LogP contribution in [0.2, 0.25) is 0 Å². The van der Waals surface area contributed by atoms with Gasteiger partial charge in [-0.3, -0.25) is 4.57 Å². The fourth-order valence-corrected chi connectivity index (χ4v) is 4.04. The molecule has 4 rings (SSSR count). The molecule has 5 nitrogen and oxygen atoms in total. The maximum absolute atomic E-state index is 12.3. The number of ether oxygens (including phenoxy) is 1. The number of nitrogens with zero attached hydrogens (tertiary/aromatic N) is 2. The molecule has 23 heavy (non-hydrogen) atoms. The molecule has 1 N–H and O–H groups in total. The zero-order valence-electron chi connectivity index (χ0n) is 13.7. The van der Waals surface area contributed by atoms with Gasteiger partial charge in [0.25, 0.3) is 0 Å². The summed E-state index contributed by atoms with van der Waals surface area (Å²) in [5.41, 5.74) is 1.99. The lowest BCUT2D eigenvalue weighted by Gasteiger charge is -2.34. The minimum atomic E-state index is 0.0254. The van der Waals surface area contributed by atoms with Crippen LogP contribution < -0.4 is 5.69 Å². The lowest BCUT2D eigenvalue weighted by atomic mass is 10.0. The molecule has 2 unspecified atom stereocenters. The monoisotopic (exact) mass is 315 g/mol. The predicted molar refractivity (Wildman–Crippen MR) is 90.8 cm³/mol. The molecule has 124 valence electrons. The standard InChI is InChI=1S/C18H25N3O2/c1-13-8-11-23-17(13)12-20-9-6-14(7-10-20)21-16-5-3-2-4-15(16)19-18(21)22/h2-5,13-14,17H,6-12H2,1H3,(H,19,22). The van der Waals surface area contributed by atoms with Crippen molar-refractivity contribution in [2.24, 2.45) is 5.92 Å². The van der Waals surface area contributed by atoms with E-state index in [0.717, 1.165) is 50.1 Å². The summed E-state index contributed by atoms with van der Waals surface area (Å²) in [5.74, 6) is 0.670. The Morgan fingerprint density at radius 1 is 1.22 bits per heavy atom. The van der Waals surface area contributed by atoms with Crippen molar-refractivity contribution in [2.45, 2.75) is 38.3 Å². The van der Waals surface area contributed by atoms with Gasteiger partial charge in [-0.1, -0.05) is 19.1 Å². The highest BCUT2D eigenvalue weighted by Gasteiger charge is 2.29. The number of nitrogens with one attached hydrogen (secondary N) is 1. The summed E-state index contributed by atoms with van der Waals surface area (Å²) in [6.07, 6.45) is 3.64. The number of likely N-dealkylation sites (tertiary alicyclic amines) is 1. The van der Waals surface area contributed by atoms with Crippen LogP contribution in [0.25, 0.3) is 11.0 Å². The molecule has 2 aliphatic heterocycles. The van der Waals surface area contributed by atoms with E-state index in [2.05, 4.69) is 16.8 Å². The Balaban J connectivity index is 1.45. The van der Waals surface area contributed by atoms with Crippen molar-refractivity contribution in [3.63, 3.8) is 0 Å². The summed E-state index contributed by atoms with van der Waals surface area (Å²) in [6, 6.07) is 8.28. The highest BCUT2D eigenvalue weighted by Crippen LogP contribution is 2.27. The first kappa shape index (κ1) is 15.0. The van der Waals surface area contributed by atoms with Gasteiger partial charge in [-0.25, -0.2) is 4.79 Å². The van der Waals surface area contributed by atoms with Crippen molar-refractivity contribution in [3.8, 4) is 0 Å². The highest BCUT2D eigenvalue weighted by molar-refractivity contribution is 5.75. The molecule has 3 heterocycles. The number of aromatic amines is 1. The molecule has 5 heteroatoms. The molecule has 0 aliphatic carbocycles. The first-order valence-corrected chi connectivity index (χ1v) is 8.75. The largest absolute Gasteiger partial charge is 0.377 e. The van der Waals surface area contributed by atoms with Crippen LogP contribution in [0.15, 0.2) is 29.1 Å². The molecular weight excluding hydrogens is 290 g/mol. The smallest absolute Gasteiger partial charge is 0.326 e. The van der Waals surface area contributed by atoms with E-state index < -0.39 is 0 Å². The number of piperidine rings is 1. The van der Waals surface area contributed by atoms with Gasteiger partial charge in [-0.15, -0.1) is 0 Å². The van der Waals surface area contributed by atoms with Gasteiger partial charge in [0.2, 0.25) is 0 Å². The minimum absolute atomic E-state index is 0.0254. The predicted octanol–water partition coefficient (Wildman–Crippen LogP) is 2.39. The molecule has 0 saturated carbocycles. The lowest BCUT2D eigenvalue weighted by Crippen LogP contribution is -2.41. The molecule has 0 amide bonds. The number of benzene rings is 1. The van der Waals surface area contributed by atoms with E-state index >= 15 is 0 Å². The van der Waals surface area contributed by atoms with Crippen LogP contribution in [0, 0.1) is 5.92 Å². The van der Waals surface area contributed by atoms with E-state index in [0.29, 0.717) is 18.1 Å². The van der Waals surface area contributed by atoms with Crippen molar-refractivity contribution >= 4 is 11.0 Å². The number of hydrogen-bond acceptors (Lipinski definition) is 3. The third kappa shape index (κ3) is 2.83. The summed E-state index contributed by atoms with van der Waals surface area (Å²) in [7, 11) is 0. The maximum atomic E-state index is 12.3. The van der Waals surface area contributed by atoms with Gasteiger partial charge in [0.1, 0.15) is 0 Å². The number of hydrogen-bond donors (Lipinski definition) is 1. The molecule has 1 aromatic carbocycles. The van der Waals surface area contributed by atoms with Gasteiger partial charge in [0.05, 0.1) is 17.1 Å². The summed E-state index contributed by atoms with van der Waals surface area (Å²) in [4.78, 5) is 17.8. The van der Waals surface area contributed by atoms with Crippen molar-refractivity contribution in [3.05, 3.63) is 34.7 Å². The van der Waals surface area contributed by atoms with Gasteiger partial charge in [-0.05, 0) is 37.3 Å². The number of rotatable bonds is 3. The summed E-state index contributed by atoms with van der Waals surface area (Å²) in [5, 5.41) is 0. The van der Waals surface area contributed by atoms with Crippen molar-refractivity contribution in [1.29, 1.82) is 0 Å². The van der Waals surface area contributed by atoms with Crippen LogP contribution in [-0.2, 0) is 4.74 Å². The summed E-state index contributed by atoms with van der Waals surface area (Å²) >= 11 is 0. The van der Waals surface area contributed by atoms with E-state index in [4.69, 9.17) is 4.74 Å². The van der Waals surface area contributed by atoms with Crippen LogP contribution in [0.4, 0.5) is 0 Å². The van der Waals surface area contributed by atoms with E-state index in [1.54, 1.807) is 0 Å². The van der Waals surface area contributed by atoms with Crippen LogP contribution in [0.1, 0.15) is 32.2 Å². The first-order chi connectivity index (χ1) is 11.2. The Bertz CT molecular complexity index is 727. The molecule has 2 atom stereocenters. The average molecular weight is 315 g/mol.